The minimum absolute atomic E-state index is 0.691. The summed E-state index contributed by atoms with van der Waals surface area (Å²) in [6, 6.07) is 10.3. The molecule has 1 N–H and O–H groups in total. The maximum absolute atomic E-state index is 4.66. The van der Waals surface area contributed by atoms with Crippen LogP contribution >= 0.6 is 11.3 Å². The fraction of sp³-hybridized carbons (Fsp3) is 0.412. The van der Waals surface area contributed by atoms with Crippen molar-refractivity contribution in [2.45, 2.75) is 26.8 Å². The number of nitrogens with zero attached hydrogens (tertiary/aromatic N) is 3. The summed E-state index contributed by atoms with van der Waals surface area (Å²) in [7, 11) is 4.02. The summed E-state index contributed by atoms with van der Waals surface area (Å²) >= 11 is 1.78. The summed E-state index contributed by atoms with van der Waals surface area (Å²) < 4.78 is 0. The number of aromatic nitrogens is 1. The van der Waals surface area contributed by atoms with Crippen LogP contribution in [-0.4, -0.2) is 36.5 Å². The van der Waals surface area contributed by atoms with Gasteiger partial charge in [-0.15, -0.1) is 11.3 Å². The molecule has 1 aromatic carbocycles. The first-order valence-corrected chi connectivity index (χ1v) is 8.30. The van der Waals surface area contributed by atoms with E-state index in [9.17, 15) is 0 Å². The summed E-state index contributed by atoms with van der Waals surface area (Å²) in [4.78, 5) is 12.6. The van der Waals surface area contributed by atoms with Crippen molar-refractivity contribution < 1.29 is 0 Å². The van der Waals surface area contributed by atoms with Crippen LogP contribution in [0.5, 0.6) is 0 Å². The fourth-order valence-electron chi connectivity index (χ4n) is 2.03. The zero-order valence-electron chi connectivity index (χ0n) is 13.8. The van der Waals surface area contributed by atoms with E-state index in [4.69, 9.17) is 0 Å². The lowest BCUT2D eigenvalue weighted by molar-refractivity contribution is 0.579. The van der Waals surface area contributed by atoms with Gasteiger partial charge < -0.3 is 10.2 Å². The number of aliphatic imine (C=N–C) groups is 1. The molecule has 0 aliphatic rings. The second-order valence-corrected chi connectivity index (χ2v) is 6.73. The number of hydrogen-bond donors (Lipinski definition) is 1. The van der Waals surface area contributed by atoms with Gasteiger partial charge in [-0.2, -0.15) is 0 Å². The van der Waals surface area contributed by atoms with Gasteiger partial charge in [0.15, 0.2) is 5.96 Å². The third-order valence-corrected chi connectivity index (χ3v) is 4.51. The number of guanidine groups is 1. The van der Waals surface area contributed by atoms with Gasteiger partial charge in [0.25, 0.3) is 0 Å². The molecule has 5 heteroatoms. The lowest BCUT2D eigenvalue weighted by atomic mass is 10.2. The average molecular weight is 316 g/mol. The Hall–Kier alpha value is -1.88. The summed E-state index contributed by atoms with van der Waals surface area (Å²) in [6.45, 7) is 5.72. The Morgan fingerprint density at radius 1 is 1.23 bits per heavy atom. The molecular formula is C17H24N4S. The van der Waals surface area contributed by atoms with Crippen molar-refractivity contribution in [3.63, 3.8) is 0 Å². The lowest BCUT2D eigenvalue weighted by Gasteiger charge is -2.17. The van der Waals surface area contributed by atoms with Gasteiger partial charge in [0, 0.05) is 31.9 Å². The van der Waals surface area contributed by atoms with E-state index in [0.717, 1.165) is 24.6 Å². The number of thiazole rings is 1. The highest BCUT2D eigenvalue weighted by Gasteiger charge is 2.05. The highest BCUT2D eigenvalue weighted by molar-refractivity contribution is 7.11. The SMILES string of the molecule is Cc1nc(CCNC(=NCc2ccccc2)N(C)C)sc1C. The molecule has 4 nitrogen and oxygen atoms in total. The molecule has 2 rings (SSSR count). The van der Waals surface area contributed by atoms with Crippen LogP contribution in [0.15, 0.2) is 35.3 Å². The molecule has 0 saturated heterocycles. The van der Waals surface area contributed by atoms with Crippen molar-refractivity contribution in [3.05, 3.63) is 51.5 Å². The second-order valence-electron chi connectivity index (χ2n) is 5.45. The van der Waals surface area contributed by atoms with Crippen molar-refractivity contribution >= 4 is 17.3 Å². The molecule has 0 fully saturated rings. The van der Waals surface area contributed by atoms with Crippen LogP contribution in [0, 0.1) is 13.8 Å². The van der Waals surface area contributed by atoms with E-state index < -0.39 is 0 Å². The van der Waals surface area contributed by atoms with Crippen LogP contribution in [0.3, 0.4) is 0 Å². The van der Waals surface area contributed by atoms with E-state index >= 15 is 0 Å². The fourth-order valence-corrected chi connectivity index (χ4v) is 2.97. The molecular weight excluding hydrogens is 292 g/mol. The van der Waals surface area contributed by atoms with Crippen LogP contribution in [0.2, 0.25) is 0 Å². The Morgan fingerprint density at radius 2 is 1.95 bits per heavy atom. The highest BCUT2D eigenvalue weighted by Crippen LogP contribution is 2.16. The highest BCUT2D eigenvalue weighted by atomic mass is 32.1. The van der Waals surface area contributed by atoms with Crippen LogP contribution < -0.4 is 5.32 Å². The maximum atomic E-state index is 4.66. The van der Waals surface area contributed by atoms with Crippen molar-refractivity contribution in [1.29, 1.82) is 0 Å². The molecule has 0 aliphatic carbocycles. The predicted octanol–water partition coefficient (Wildman–Crippen LogP) is 3.01. The molecule has 0 spiro atoms. The van der Waals surface area contributed by atoms with Gasteiger partial charge in [0.2, 0.25) is 0 Å². The van der Waals surface area contributed by atoms with E-state index in [-0.39, 0.29) is 0 Å². The molecule has 0 atom stereocenters. The number of rotatable bonds is 5. The summed E-state index contributed by atoms with van der Waals surface area (Å²) in [5, 5.41) is 4.59. The number of aryl methyl sites for hydroxylation is 2. The molecule has 0 bridgehead atoms. The smallest absolute Gasteiger partial charge is 0.193 e. The normalized spacial score (nSPS) is 11.5. The first-order chi connectivity index (χ1) is 10.6. The van der Waals surface area contributed by atoms with E-state index in [0.29, 0.717) is 6.54 Å². The quantitative estimate of drug-likeness (QED) is 0.681. The summed E-state index contributed by atoms with van der Waals surface area (Å²) in [5.74, 6) is 0.911. The van der Waals surface area contributed by atoms with Crippen LogP contribution in [0.1, 0.15) is 21.1 Å². The molecule has 118 valence electrons. The molecule has 1 heterocycles. The summed E-state index contributed by atoms with van der Waals surface area (Å²) in [5.41, 5.74) is 2.36. The van der Waals surface area contributed by atoms with Crippen molar-refractivity contribution in [3.8, 4) is 0 Å². The van der Waals surface area contributed by atoms with E-state index in [1.54, 1.807) is 11.3 Å². The maximum Gasteiger partial charge on any atom is 0.193 e. The van der Waals surface area contributed by atoms with E-state index in [2.05, 4.69) is 41.3 Å². The Labute approximate surface area is 136 Å². The average Bonchev–Trinajstić information content (AvgIpc) is 2.82. The predicted molar refractivity (Wildman–Crippen MR) is 94.6 cm³/mol. The largest absolute Gasteiger partial charge is 0.356 e. The second kappa shape index (κ2) is 7.94. The van der Waals surface area contributed by atoms with Crippen LogP contribution in [0.25, 0.3) is 0 Å². The molecule has 0 radical (unpaired) electrons. The van der Waals surface area contributed by atoms with Gasteiger partial charge >= 0.3 is 0 Å². The monoisotopic (exact) mass is 316 g/mol. The molecule has 22 heavy (non-hydrogen) atoms. The molecule has 0 unspecified atom stereocenters. The zero-order chi connectivity index (χ0) is 15.9. The number of benzene rings is 1. The molecule has 0 amide bonds. The lowest BCUT2D eigenvalue weighted by Crippen LogP contribution is -2.37. The third-order valence-electron chi connectivity index (χ3n) is 3.37. The van der Waals surface area contributed by atoms with Gasteiger partial charge in [-0.05, 0) is 19.4 Å². The molecule has 0 aliphatic heterocycles. The van der Waals surface area contributed by atoms with Gasteiger partial charge in [-0.1, -0.05) is 30.3 Å². The van der Waals surface area contributed by atoms with Gasteiger partial charge in [0.1, 0.15) is 0 Å². The van der Waals surface area contributed by atoms with E-state index in [1.165, 1.54) is 15.4 Å². The standard InChI is InChI=1S/C17H24N4S/c1-13-14(2)22-16(20-13)10-11-18-17(21(3)4)19-12-15-8-6-5-7-9-15/h5-9H,10-12H2,1-4H3,(H,18,19). The Bertz CT molecular complexity index is 597. The van der Waals surface area contributed by atoms with E-state index in [1.807, 2.05) is 37.2 Å². The van der Waals surface area contributed by atoms with Crippen LogP contribution in [0.4, 0.5) is 0 Å². The minimum Gasteiger partial charge on any atom is -0.356 e. The molecule has 0 saturated carbocycles. The Morgan fingerprint density at radius 3 is 2.55 bits per heavy atom. The van der Waals surface area contributed by atoms with Crippen molar-refractivity contribution in [2.75, 3.05) is 20.6 Å². The topological polar surface area (TPSA) is 40.5 Å². The van der Waals surface area contributed by atoms with Gasteiger partial charge in [0.05, 0.1) is 17.2 Å². The summed E-state index contributed by atoms with van der Waals surface area (Å²) in [6.07, 6.45) is 0.928. The zero-order valence-corrected chi connectivity index (χ0v) is 14.6. The first-order valence-electron chi connectivity index (χ1n) is 7.48. The minimum atomic E-state index is 0.691. The third kappa shape index (κ3) is 4.84. The number of nitrogens with one attached hydrogen (secondary N) is 1. The Balaban J connectivity index is 1.88. The number of hydrogen-bond acceptors (Lipinski definition) is 3. The van der Waals surface area contributed by atoms with Crippen molar-refractivity contribution in [1.82, 2.24) is 15.2 Å². The van der Waals surface area contributed by atoms with Gasteiger partial charge in [-0.25, -0.2) is 9.98 Å². The van der Waals surface area contributed by atoms with Crippen LogP contribution in [-0.2, 0) is 13.0 Å². The molecule has 2 aromatic rings. The van der Waals surface area contributed by atoms with Crippen molar-refractivity contribution in [2.24, 2.45) is 4.99 Å². The van der Waals surface area contributed by atoms with Gasteiger partial charge in [-0.3, -0.25) is 0 Å². The molecule has 1 aromatic heterocycles. The Kier molecular flexibility index (Phi) is 5.95. The first kappa shape index (κ1) is 16.5.